The second kappa shape index (κ2) is 4.84. The fourth-order valence-electron chi connectivity index (χ4n) is 0.898. The molecule has 0 saturated heterocycles. The van der Waals surface area contributed by atoms with Crippen LogP contribution in [0.15, 0.2) is 6.07 Å². The molecule has 1 rings (SSSR count). The zero-order valence-electron chi connectivity index (χ0n) is 6.77. The highest BCUT2D eigenvalue weighted by Crippen LogP contribution is 2.25. The summed E-state index contributed by atoms with van der Waals surface area (Å²) in [7, 11) is 0. The van der Waals surface area contributed by atoms with E-state index in [-0.39, 0.29) is 20.7 Å². The Morgan fingerprint density at radius 3 is 2.71 bits per heavy atom. The molecule has 0 radical (unpaired) electrons. The van der Waals surface area contributed by atoms with Gasteiger partial charge < -0.3 is 0 Å². The molecule has 6 heteroatoms. The minimum absolute atomic E-state index is 0.0192. The summed E-state index contributed by atoms with van der Waals surface area (Å²) in [6.45, 7) is 0. The Labute approximate surface area is 98.0 Å². The highest BCUT2D eigenvalue weighted by atomic mass is 127. The largest absolute Gasteiger partial charge is 0.281 e. The first kappa shape index (κ1) is 11.6. The molecule has 0 spiro atoms. The number of hydrogen-bond donors (Lipinski definition) is 0. The van der Waals surface area contributed by atoms with Crippen molar-refractivity contribution in [3.8, 4) is 6.07 Å². The van der Waals surface area contributed by atoms with Crippen molar-refractivity contribution in [1.82, 2.24) is 4.98 Å². The van der Waals surface area contributed by atoms with Gasteiger partial charge in [-0.3, -0.25) is 0 Å². The van der Waals surface area contributed by atoms with Gasteiger partial charge in [0.2, 0.25) is 0 Å². The van der Waals surface area contributed by atoms with Crippen LogP contribution in [0.25, 0.3) is 0 Å². The van der Waals surface area contributed by atoms with Gasteiger partial charge in [-0.2, -0.15) is 5.26 Å². The van der Waals surface area contributed by atoms with Gasteiger partial charge in [-0.15, -0.1) is 11.6 Å². The zero-order chi connectivity index (χ0) is 10.7. The van der Waals surface area contributed by atoms with Crippen LogP contribution in [-0.2, 0) is 5.88 Å². The molecule has 0 bridgehead atoms. The number of aromatic nitrogens is 1. The Hall–Kier alpha value is -0.480. The molecule has 0 aliphatic rings. The Kier molecular flexibility index (Phi) is 4.01. The number of pyridine rings is 1. The molecular weight excluding hydrogens is 324 g/mol. The normalized spacial score (nSPS) is 10.3. The van der Waals surface area contributed by atoms with Gasteiger partial charge in [0, 0.05) is 0 Å². The van der Waals surface area contributed by atoms with E-state index in [1.54, 1.807) is 22.6 Å². The van der Waals surface area contributed by atoms with Crippen molar-refractivity contribution in [2.24, 2.45) is 0 Å². The van der Waals surface area contributed by atoms with E-state index in [0.29, 0.717) is 5.69 Å². The third-order valence-corrected chi connectivity index (χ3v) is 2.91. The van der Waals surface area contributed by atoms with Crippen LogP contribution >= 0.6 is 34.2 Å². The molecule has 0 aliphatic heterocycles. The maximum Gasteiger partial charge on any atom is 0.281 e. The second-order valence-corrected chi connectivity index (χ2v) is 3.75. The van der Waals surface area contributed by atoms with Crippen LogP contribution < -0.4 is 0 Å². The molecule has 0 amide bonds. The van der Waals surface area contributed by atoms with Crippen LogP contribution in [-0.4, -0.2) is 4.98 Å². The quantitative estimate of drug-likeness (QED) is 0.617. The summed E-state index contributed by atoms with van der Waals surface area (Å²) in [4.78, 5) is 3.66. The highest BCUT2D eigenvalue weighted by molar-refractivity contribution is 14.1. The maximum absolute atomic E-state index is 12.4. The van der Waals surface area contributed by atoms with Gasteiger partial charge in [0.15, 0.2) is 0 Å². The van der Waals surface area contributed by atoms with E-state index in [1.807, 2.05) is 6.07 Å². The minimum Gasteiger partial charge on any atom is -0.249 e. The van der Waals surface area contributed by atoms with E-state index in [1.165, 1.54) is 6.07 Å². The van der Waals surface area contributed by atoms with Crippen molar-refractivity contribution < 1.29 is 8.78 Å². The van der Waals surface area contributed by atoms with Gasteiger partial charge in [-0.1, -0.05) is 0 Å². The summed E-state index contributed by atoms with van der Waals surface area (Å²) in [6, 6.07) is 3.24. The van der Waals surface area contributed by atoms with Gasteiger partial charge in [0.1, 0.15) is 11.8 Å². The number of halogens is 4. The van der Waals surface area contributed by atoms with Crippen LogP contribution in [0.3, 0.4) is 0 Å². The van der Waals surface area contributed by atoms with E-state index < -0.39 is 6.43 Å². The molecule has 0 aromatic carbocycles. The summed E-state index contributed by atoms with van der Waals surface area (Å²) in [5.41, 5.74) is 0.103. The molecule has 0 saturated carbocycles. The lowest BCUT2D eigenvalue weighted by molar-refractivity contribution is 0.144. The molecule has 0 fully saturated rings. The zero-order valence-corrected chi connectivity index (χ0v) is 9.68. The third-order valence-electron chi connectivity index (χ3n) is 1.50. The Balaban J connectivity index is 3.36. The first-order valence-electron chi connectivity index (χ1n) is 3.53. The summed E-state index contributed by atoms with van der Waals surface area (Å²) in [5.74, 6) is 0.0192. The molecule has 0 atom stereocenters. The van der Waals surface area contributed by atoms with Crippen molar-refractivity contribution in [1.29, 1.82) is 5.26 Å². The first-order chi connectivity index (χ1) is 6.60. The van der Waals surface area contributed by atoms with Gasteiger partial charge in [-0.05, 0) is 28.7 Å². The molecule has 0 aliphatic carbocycles. The predicted octanol–water partition coefficient (Wildman–Crippen LogP) is 3.23. The Bertz CT molecular complexity index is 390. The van der Waals surface area contributed by atoms with Crippen molar-refractivity contribution in [2.75, 3.05) is 0 Å². The van der Waals surface area contributed by atoms with E-state index in [0.717, 1.165) is 0 Å². The molecular formula is C8H4ClF2IN2. The van der Waals surface area contributed by atoms with Gasteiger partial charge >= 0.3 is 0 Å². The van der Waals surface area contributed by atoms with Gasteiger partial charge in [-0.25, -0.2) is 13.8 Å². The van der Waals surface area contributed by atoms with E-state index in [2.05, 4.69) is 4.98 Å². The lowest BCUT2D eigenvalue weighted by atomic mass is 10.2. The molecule has 14 heavy (non-hydrogen) atoms. The molecule has 0 N–H and O–H groups in total. The minimum atomic E-state index is -2.68. The topological polar surface area (TPSA) is 36.7 Å². The lowest BCUT2D eigenvalue weighted by Crippen LogP contribution is -2.01. The number of nitrogens with zero attached hydrogens (tertiary/aromatic N) is 2. The maximum atomic E-state index is 12.4. The second-order valence-electron chi connectivity index (χ2n) is 2.41. The predicted molar refractivity (Wildman–Crippen MR) is 56.2 cm³/mol. The number of nitriles is 1. The van der Waals surface area contributed by atoms with Crippen LogP contribution in [0.5, 0.6) is 0 Å². The third kappa shape index (κ3) is 2.30. The van der Waals surface area contributed by atoms with E-state index in [9.17, 15) is 8.78 Å². The first-order valence-corrected chi connectivity index (χ1v) is 5.15. The fourth-order valence-corrected chi connectivity index (χ4v) is 1.67. The number of alkyl halides is 3. The van der Waals surface area contributed by atoms with Crippen LogP contribution in [0.1, 0.15) is 23.4 Å². The average Bonchev–Trinajstić information content (AvgIpc) is 2.17. The summed E-state index contributed by atoms with van der Waals surface area (Å²) < 4.78 is 25.1. The lowest BCUT2D eigenvalue weighted by Gasteiger charge is -2.05. The number of rotatable bonds is 2. The monoisotopic (exact) mass is 328 g/mol. The Morgan fingerprint density at radius 1 is 1.64 bits per heavy atom. The summed E-state index contributed by atoms with van der Waals surface area (Å²) >= 11 is 7.15. The van der Waals surface area contributed by atoms with Gasteiger partial charge in [0.25, 0.3) is 6.43 Å². The van der Waals surface area contributed by atoms with Crippen LogP contribution in [0.4, 0.5) is 8.78 Å². The molecule has 1 aromatic heterocycles. The van der Waals surface area contributed by atoms with Crippen LogP contribution in [0.2, 0.25) is 0 Å². The summed E-state index contributed by atoms with van der Waals surface area (Å²) in [5, 5.41) is 8.67. The fraction of sp³-hybridized carbons (Fsp3) is 0.250. The Morgan fingerprint density at radius 2 is 2.29 bits per heavy atom. The van der Waals surface area contributed by atoms with Crippen molar-refractivity contribution in [3.63, 3.8) is 0 Å². The molecule has 2 nitrogen and oxygen atoms in total. The highest BCUT2D eigenvalue weighted by Gasteiger charge is 2.17. The van der Waals surface area contributed by atoms with Crippen molar-refractivity contribution >= 4 is 34.2 Å². The number of hydrogen-bond acceptors (Lipinski definition) is 2. The van der Waals surface area contributed by atoms with E-state index in [4.69, 9.17) is 16.9 Å². The van der Waals surface area contributed by atoms with Gasteiger partial charge in [0.05, 0.1) is 20.7 Å². The SMILES string of the molecule is N#Cc1cc(CCl)nc(C(F)F)c1I. The average molecular weight is 328 g/mol. The van der Waals surface area contributed by atoms with Crippen molar-refractivity contribution in [2.45, 2.75) is 12.3 Å². The van der Waals surface area contributed by atoms with Crippen LogP contribution in [0, 0.1) is 14.9 Å². The molecule has 1 heterocycles. The molecule has 74 valence electrons. The van der Waals surface area contributed by atoms with Crippen molar-refractivity contribution in [3.05, 3.63) is 26.6 Å². The molecule has 0 unspecified atom stereocenters. The smallest absolute Gasteiger partial charge is 0.249 e. The molecule has 1 aromatic rings. The summed E-state index contributed by atoms with van der Waals surface area (Å²) in [6.07, 6.45) is -2.68. The standard InChI is InChI=1S/C8H4ClF2IN2/c9-2-5-1-4(3-13)6(12)7(14-5)8(10)11/h1,8H,2H2. The van der Waals surface area contributed by atoms with E-state index >= 15 is 0 Å².